The topological polar surface area (TPSA) is 69.6 Å². The third kappa shape index (κ3) is 4.35. The van der Waals surface area contributed by atoms with Crippen molar-refractivity contribution in [2.24, 2.45) is 5.92 Å². The fourth-order valence-corrected chi connectivity index (χ4v) is 3.33. The quantitative estimate of drug-likeness (QED) is 0.854. The van der Waals surface area contributed by atoms with Gasteiger partial charge in [-0.05, 0) is 36.1 Å². The average Bonchev–Trinajstić information content (AvgIpc) is 2.67. The number of nitrogens with one attached hydrogen (secondary N) is 1. The summed E-state index contributed by atoms with van der Waals surface area (Å²) < 4.78 is 0. The molecule has 5 nitrogen and oxygen atoms in total. The Morgan fingerprint density at radius 2 is 1.58 bits per heavy atom. The van der Waals surface area contributed by atoms with E-state index < -0.39 is 5.97 Å². The van der Waals surface area contributed by atoms with Gasteiger partial charge in [0.15, 0.2) is 0 Å². The molecule has 1 aliphatic rings. The number of aliphatic carboxylic acids is 1. The second-order valence-electron chi connectivity index (χ2n) is 6.44. The van der Waals surface area contributed by atoms with E-state index in [1.165, 1.54) is 0 Å². The molecule has 2 amide bonds. The van der Waals surface area contributed by atoms with E-state index in [-0.39, 0.29) is 18.0 Å². The number of carboxylic acids is 1. The molecule has 26 heavy (non-hydrogen) atoms. The lowest BCUT2D eigenvalue weighted by Gasteiger charge is -2.32. The molecule has 0 radical (unpaired) electrons. The third-order valence-electron chi connectivity index (χ3n) is 4.74. The molecule has 2 N–H and O–H groups in total. The maximum absolute atomic E-state index is 12.7. The maximum Gasteiger partial charge on any atom is 0.318 e. The van der Waals surface area contributed by atoms with Crippen LogP contribution in [0.5, 0.6) is 0 Å². The number of halogens is 1. The molecule has 1 saturated heterocycles. The number of nitrogens with zero attached hydrogens (tertiary/aromatic N) is 1. The number of likely N-dealkylation sites (tertiary alicyclic amines) is 1. The number of hydrogen-bond donors (Lipinski definition) is 2. The number of hydrogen-bond acceptors (Lipinski definition) is 2. The van der Waals surface area contributed by atoms with Gasteiger partial charge in [0.2, 0.25) is 0 Å². The van der Waals surface area contributed by atoms with Crippen molar-refractivity contribution in [1.82, 2.24) is 10.2 Å². The fraction of sp³-hybridized carbons (Fsp3) is 0.300. The van der Waals surface area contributed by atoms with Crippen LogP contribution in [0.3, 0.4) is 0 Å². The summed E-state index contributed by atoms with van der Waals surface area (Å²) in [6.07, 6.45) is 0.972. The lowest BCUT2D eigenvalue weighted by atomic mass is 9.97. The zero-order valence-corrected chi connectivity index (χ0v) is 15.0. The van der Waals surface area contributed by atoms with Crippen LogP contribution in [0, 0.1) is 5.92 Å². The summed E-state index contributed by atoms with van der Waals surface area (Å²) in [5.41, 5.74) is 1.91. The second-order valence-corrected chi connectivity index (χ2v) is 6.88. The highest BCUT2D eigenvalue weighted by Crippen LogP contribution is 2.25. The van der Waals surface area contributed by atoms with Crippen molar-refractivity contribution in [3.8, 4) is 0 Å². The van der Waals surface area contributed by atoms with Crippen LogP contribution in [0.4, 0.5) is 4.79 Å². The van der Waals surface area contributed by atoms with Crippen LogP contribution in [0.2, 0.25) is 5.02 Å². The second kappa shape index (κ2) is 8.23. The zero-order valence-electron chi connectivity index (χ0n) is 14.3. The van der Waals surface area contributed by atoms with E-state index >= 15 is 0 Å². The summed E-state index contributed by atoms with van der Waals surface area (Å²) in [6.45, 7) is 0.899. The summed E-state index contributed by atoms with van der Waals surface area (Å²) in [7, 11) is 0. The van der Waals surface area contributed by atoms with Crippen LogP contribution in [-0.2, 0) is 4.79 Å². The van der Waals surface area contributed by atoms with Gasteiger partial charge >= 0.3 is 12.0 Å². The van der Waals surface area contributed by atoms with Gasteiger partial charge in [0.05, 0.1) is 12.0 Å². The minimum absolute atomic E-state index is 0.183. The normalized spacial score (nSPS) is 16.1. The molecular weight excluding hydrogens is 352 g/mol. The Balaban J connectivity index is 1.75. The summed E-state index contributed by atoms with van der Waals surface area (Å²) in [6, 6.07) is 16.7. The van der Waals surface area contributed by atoms with E-state index in [0.29, 0.717) is 31.0 Å². The fourth-order valence-electron chi connectivity index (χ4n) is 3.20. The molecule has 2 aromatic rings. The molecule has 0 aromatic heterocycles. The Bertz CT molecular complexity index is 756. The molecule has 136 valence electrons. The zero-order chi connectivity index (χ0) is 18.5. The third-order valence-corrected chi connectivity index (χ3v) is 4.99. The Morgan fingerprint density at radius 3 is 2.15 bits per heavy atom. The summed E-state index contributed by atoms with van der Waals surface area (Å²) in [4.78, 5) is 25.5. The smallest absolute Gasteiger partial charge is 0.318 e. The van der Waals surface area contributed by atoms with E-state index in [1.54, 1.807) is 17.0 Å². The highest BCUT2D eigenvalue weighted by molar-refractivity contribution is 6.30. The molecule has 0 bridgehead atoms. The summed E-state index contributed by atoms with van der Waals surface area (Å²) >= 11 is 5.99. The number of benzene rings is 2. The van der Waals surface area contributed by atoms with E-state index in [0.717, 1.165) is 11.1 Å². The average molecular weight is 373 g/mol. The van der Waals surface area contributed by atoms with Crippen molar-refractivity contribution in [1.29, 1.82) is 0 Å². The van der Waals surface area contributed by atoms with Crippen LogP contribution in [0.25, 0.3) is 0 Å². The minimum atomic E-state index is -0.784. The van der Waals surface area contributed by atoms with Gasteiger partial charge in [-0.15, -0.1) is 0 Å². The van der Waals surface area contributed by atoms with Crippen LogP contribution >= 0.6 is 11.6 Å². The van der Waals surface area contributed by atoms with E-state index in [1.807, 2.05) is 42.5 Å². The summed E-state index contributed by atoms with van der Waals surface area (Å²) in [5.74, 6) is -1.14. The minimum Gasteiger partial charge on any atom is -0.481 e. The number of urea groups is 1. The molecular formula is C20H21ClN2O3. The van der Waals surface area contributed by atoms with Crippen LogP contribution in [-0.4, -0.2) is 35.1 Å². The van der Waals surface area contributed by atoms with Crippen LogP contribution < -0.4 is 5.32 Å². The van der Waals surface area contributed by atoms with Gasteiger partial charge in [0.25, 0.3) is 0 Å². The van der Waals surface area contributed by atoms with Crippen LogP contribution in [0.15, 0.2) is 54.6 Å². The first-order chi connectivity index (χ1) is 12.5. The van der Waals surface area contributed by atoms with Crippen molar-refractivity contribution < 1.29 is 14.7 Å². The molecule has 1 unspecified atom stereocenters. The number of carbonyl (C=O) groups is 2. The largest absolute Gasteiger partial charge is 0.481 e. The molecule has 1 aliphatic heterocycles. The highest BCUT2D eigenvalue weighted by atomic mass is 35.5. The van der Waals surface area contributed by atoms with Crippen LogP contribution in [0.1, 0.15) is 30.0 Å². The lowest BCUT2D eigenvalue weighted by molar-refractivity contribution is -0.143. The number of piperidine rings is 1. The van der Waals surface area contributed by atoms with Gasteiger partial charge in [-0.2, -0.15) is 0 Å². The monoisotopic (exact) mass is 372 g/mol. The predicted octanol–water partition coefficient (Wildman–Crippen LogP) is 3.94. The van der Waals surface area contributed by atoms with Crippen molar-refractivity contribution in [3.63, 3.8) is 0 Å². The highest BCUT2D eigenvalue weighted by Gasteiger charge is 2.28. The molecule has 0 saturated carbocycles. The van der Waals surface area contributed by atoms with Gasteiger partial charge in [-0.3, -0.25) is 4.79 Å². The van der Waals surface area contributed by atoms with Gasteiger partial charge in [-0.25, -0.2) is 4.79 Å². The molecule has 2 aromatic carbocycles. The number of amides is 2. The molecule has 3 rings (SSSR count). The van der Waals surface area contributed by atoms with Crippen molar-refractivity contribution in [3.05, 3.63) is 70.7 Å². The lowest BCUT2D eigenvalue weighted by Crippen LogP contribution is -2.46. The molecule has 1 heterocycles. The van der Waals surface area contributed by atoms with Gasteiger partial charge in [-0.1, -0.05) is 54.1 Å². The first kappa shape index (κ1) is 18.3. The predicted molar refractivity (Wildman–Crippen MR) is 100 cm³/mol. The van der Waals surface area contributed by atoms with Gasteiger partial charge < -0.3 is 15.3 Å². The van der Waals surface area contributed by atoms with Crippen molar-refractivity contribution in [2.45, 2.75) is 18.9 Å². The molecule has 6 heteroatoms. The number of carbonyl (C=O) groups excluding carboxylic acids is 1. The number of carboxylic acid groups (broad SMARTS) is 1. The maximum atomic E-state index is 12.7. The van der Waals surface area contributed by atoms with E-state index in [4.69, 9.17) is 16.7 Å². The Hall–Kier alpha value is -2.53. The molecule has 0 aliphatic carbocycles. The molecule has 1 fully saturated rings. The first-order valence-electron chi connectivity index (χ1n) is 8.63. The SMILES string of the molecule is O=C(O)C1CCN(C(=O)NC(c2ccccc2)c2ccc(Cl)cc2)CC1. The van der Waals surface area contributed by atoms with Gasteiger partial charge in [0, 0.05) is 18.1 Å². The summed E-state index contributed by atoms with van der Waals surface area (Å²) in [5, 5.41) is 12.8. The molecule has 0 spiro atoms. The van der Waals surface area contributed by atoms with E-state index in [9.17, 15) is 9.59 Å². The Labute approximate surface area is 157 Å². The Morgan fingerprint density at radius 1 is 1.00 bits per heavy atom. The standard InChI is InChI=1S/C20H21ClN2O3/c21-17-8-6-15(7-9-17)18(14-4-2-1-3-5-14)22-20(26)23-12-10-16(11-13-23)19(24)25/h1-9,16,18H,10-13H2,(H,22,26)(H,24,25). The van der Waals surface area contributed by atoms with Crippen molar-refractivity contribution in [2.75, 3.05) is 13.1 Å². The van der Waals surface area contributed by atoms with E-state index in [2.05, 4.69) is 5.32 Å². The number of rotatable bonds is 4. The Kier molecular flexibility index (Phi) is 5.78. The first-order valence-corrected chi connectivity index (χ1v) is 9.01. The van der Waals surface area contributed by atoms with Crippen molar-refractivity contribution >= 4 is 23.6 Å². The van der Waals surface area contributed by atoms with Gasteiger partial charge in [0.1, 0.15) is 0 Å². The molecule has 1 atom stereocenters.